The number of carbonyl (C=O) groups excluding carboxylic acids is 1. The van der Waals surface area contributed by atoms with Gasteiger partial charge in [-0.2, -0.15) is 13.2 Å². The number of nitrogens with two attached hydrogens (primary N) is 1. The maximum absolute atomic E-state index is 12.7. The van der Waals surface area contributed by atoms with Crippen molar-refractivity contribution in [3.05, 3.63) is 59.7 Å². The third-order valence-electron chi connectivity index (χ3n) is 2.70. The molecule has 0 spiro atoms. The predicted octanol–water partition coefficient (Wildman–Crippen LogP) is 3.47. The lowest BCUT2D eigenvalue weighted by Crippen LogP contribution is -2.14. The van der Waals surface area contributed by atoms with Crippen molar-refractivity contribution in [3.63, 3.8) is 0 Å². The van der Waals surface area contributed by atoms with Crippen LogP contribution >= 0.6 is 0 Å². The van der Waals surface area contributed by atoms with Crippen LogP contribution in [0.5, 0.6) is 0 Å². The lowest BCUT2D eigenvalue weighted by atomic mass is 9.96. The van der Waals surface area contributed by atoms with E-state index in [-0.39, 0.29) is 11.1 Å². The van der Waals surface area contributed by atoms with Crippen molar-refractivity contribution in [2.24, 2.45) is 5.73 Å². The van der Waals surface area contributed by atoms with E-state index in [1.54, 1.807) is 30.3 Å². The lowest BCUT2D eigenvalue weighted by molar-refractivity contribution is -0.137. The molecule has 0 fully saturated rings. The van der Waals surface area contributed by atoms with Gasteiger partial charge in [-0.1, -0.05) is 30.3 Å². The Morgan fingerprint density at radius 2 is 1.63 bits per heavy atom. The molecule has 0 aliphatic heterocycles. The molecule has 19 heavy (non-hydrogen) atoms. The van der Waals surface area contributed by atoms with E-state index < -0.39 is 17.6 Å². The van der Waals surface area contributed by atoms with Gasteiger partial charge in [0.05, 0.1) is 5.56 Å². The normalized spacial score (nSPS) is 11.3. The average Bonchev–Trinajstić information content (AvgIpc) is 2.38. The molecule has 0 bridgehead atoms. The number of primary amides is 1. The zero-order chi connectivity index (χ0) is 14.0. The molecule has 0 heterocycles. The number of hydrogen-bond donors (Lipinski definition) is 1. The summed E-state index contributed by atoms with van der Waals surface area (Å²) in [7, 11) is 0. The Morgan fingerprint density at radius 3 is 2.16 bits per heavy atom. The molecule has 0 aliphatic carbocycles. The summed E-state index contributed by atoms with van der Waals surface area (Å²) in [5, 5.41) is 0. The van der Waals surface area contributed by atoms with Crippen molar-refractivity contribution in [1.82, 2.24) is 0 Å². The minimum Gasteiger partial charge on any atom is -0.366 e. The summed E-state index contributed by atoms with van der Waals surface area (Å²) in [6, 6.07) is 11.3. The Kier molecular flexibility index (Phi) is 3.29. The van der Waals surface area contributed by atoms with E-state index in [9.17, 15) is 18.0 Å². The SMILES string of the molecule is NC(=O)c1ccc(C(F)(F)F)cc1-c1ccccc1. The number of carbonyl (C=O) groups is 1. The highest BCUT2D eigenvalue weighted by Gasteiger charge is 2.31. The van der Waals surface area contributed by atoms with Crippen LogP contribution in [0.3, 0.4) is 0 Å². The third-order valence-corrected chi connectivity index (χ3v) is 2.70. The smallest absolute Gasteiger partial charge is 0.366 e. The second-order valence-corrected chi connectivity index (χ2v) is 3.99. The summed E-state index contributed by atoms with van der Waals surface area (Å²) in [4.78, 5) is 11.3. The lowest BCUT2D eigenvalue weighted by Gasteiger charge is -2.12. The maximum atomic E-state index is 12.7. The molecule has 0 atom stereocenters. The van der Waals surface area contributed by atoms with Crippen LogP contribution in [0.25, 0.3) is 11.1 Å². The van der Waals surface area contributed by atoms with E-state index in [4.69, 9.17) is 5.73 Å². The number of alkyl halides is 3. The second-order valence-electron chi connectivity index (χ2n) is 3.99. The predicted molar refractivity (Wildman–Crippen MR) is 65.4 cm³/mol. The van der Waals surface area contributed by atoms with Crippen molar-refractivity contribution in [2.75, 3.05) is 0 Å². The fourth-order valence-electron chi connectivity index (χ4n) is 1.79. The van der Waals surface area contributed by atoms with E-state index >= 15 is 0 Å². The zero-order valence-electron chi connectivity index (χ0n) is 9.74. The first-order chi connectivity index (χ1) is 8.89. The number of amides is 1. The van der Waals surface area contributed by atoms with Gasteiger partial charge in [-0.3, -0.25) is 4.79 Å². The Hall–Kier alpha value is -2.30. The van der Waals surface area contributed by atoms with Gasteiger partial charge in [0.1, 0.15) is 0 Å². The summed E-state index contributed by atoms with van der Waals surface area (Å²) in [5.41, 5.74) is 5.15. The molecule has 98 valence electrons. The minimum absolute atomic E-state index is 0.0687. The van der Waals surface area contributed by atoms with Gasteiger partial charge in [-0.15, -0.1) is 0 Å². The molecule has 0 saturated carbocycles. The molecule has 0 saturated heterocycles. The van der Waals surface area contributed by atoms with Crippen LogP contribution in [-0.4, -0.2) is 5.91 Å². The first kappa shape index (κ1) is 13.1. The van der Waals surface area contributed by atoms with Gasteiger partial charge in [0, 0.05) is 5.56 Å². The largest absolute Gasteiger partial charge is 0.416 e. The molecule has 2 nitrogen and oxygen atoms in total. The summed E-state index contributed by atoms with van der Waals surface area (Å²) in [5.74, 6) is -0.757. The molecule has 2 rings (SSSR count). The fourth-order valence-corrected chi connectivity index (χ4v) is 1.79. The van der Waals surface area contributed by atoms with Crippen LogP contribution in [0.1, 0.15) is 15.9 Å². The van der Waals surface area contributed by atoms with Crippen molar-refractivity contribution in [2.45, 2.75) is 6.18 Å². The van der Waals surface area contributed by atoms with Crippen LogP contribution in [-0.2, 0) is 6.18 Å². The number of rotatable bonds is 2. The molecule has 0 unspecified atom stereocenters. The van der Waals surface area contributed by atoms with E-state index in [0.29, 0.717) is 5.56 Å². The monoisotopic (exact) mass is 265 g/mol. The van der Waals surface area contributed by atoms with E-state index in [1.165, 1.54) is 0 Å². The van der Waals surface area contributed by atoms with Gasteiger partial charge in [0.15, 0.2) is 0 Å². The second kappa shape index (κ2) is 4.76. The van der Waals surface area contributed by atoms with Gasteiger partial charge in [0.25, 0.3) is 0 Å². The quantitative estimate of drug-likeness (QED) is 0.887. The highest BCUT2D eigenvalue weighted by molar-refractivity contribution is 6.00. The van der Waals surface area contributed by atoms with E-state index in [1.807, 2.05) is 0 Å². The number of benzene rings is 2. The Morgan fingerprint density at radius 1 is 1.00 bits per heavy atom. The molecular formula is C14H10F3NO. The van der Waals surface area contributed by atoms with Crippen molar-refractivity contribution in [3.8, 4) is 11.1 Å². The first-order valence-electron chi connectivity index (χ1n) is 5.46. The third kappa shape index (κ3) is 2.76. The Labute approximate surface area is 107 Å². The molecule has 0 aromatic heterocycles. The molecule has 5 heteroatoms. The highest BCUT2D eigenvalue weighted by atomic mass is 19.4. The zero-order valence-corrected chi connectivity index (χ0v) is 9.74. The van der Waals surface area contributed by atoms with Crippen molar-refractivity contribution >= 4 is 5.91 Å². The van der Waals surface area contributed by atoms with Crippen LogP contribution in [0.4, 0.5) is 13.2 Å². The summed E-state index contributed by atoms with van der Waals surface area (Å²) < 4.78 is 38.1. The molecule has 2 aromatic rings. The van der Waals surface area contributed by atoms with Crippen LogP contribution in [0.15, 0.2) is 48.5 Å². The summed E-state index contributed by atoms with van der Waals surface area (Å²) >= 11 is 0. The summed E-state index contributed by atoms with van der Waals surface area (Å²) in [6.45, 7) is 0. The van der Waals surface area contributed by atoms with Gasteiger partial charge in [-0.05, 0) is 29.3 Å². The minimum atomic E-state index is -4.46. The van der Waals surface area contributed by atoms with Gasteiger partial charge in [-0.25, -0.2) is 0 Å². The van der Waals surface area contributed by atoms with Crippen LogP contribution in [0.2, 0.25) is 0 Å². The molecule has 0 radical (unpaired) electrons. The van der Waals surface area contributed by atoms with E-state index in [2.05, 4.69) is 0 Å². The number of hydrogen-bond acceptors (Lipinski definition) is 1. The van der Waals surface area contributed by atoms with Crippen molar-refractivity contribution < 1.29 is 18.0 Å². The van der Waals surface area contributed by atoms with Crippen LogP contribution < -0.4 is 5.73 Å². The van der Waals surface area contributed by atoms with Gasteiger partial charge < -0.3 is 5.73 Å². The van der Waals surface area contributed by atoms with Gasteiger partial charge in [0.2, 0.25) is 5.91 Å². The highest BCUT2D eigenvalue weighted by Crippen LogP contribution is 2.33. The van der Waals surface area contributed by atoms with E-state index in [0.717, 1.165) is 18.2 Å². The molecule has 2 N–H and O–H groups in total. The van der Waals surface area contributed by atoms with Crippen molar-refractivity contribution in [1.29, 1.82) is 0 Å². The molecule has 1 amide bonds. The maximum Gasteiger partial charge on any atom is 0.416 e. The topological polar surface area (TPSA) is 43.1 Å². The van der Waals surface area contributed by atoms with Gasteiger partial charge >= 0.3 is 6.18 Å². The average molecular weight is 265 g/mol. The standard InChI is InChI=1S/C14H10F3NO/c15-14(16,17)10-6-7-11(13(18)19)12(8-10)9-4-2-1-3-5-9/h1-8H,(H2,18,19). The first-order valence-corrected chi connectivity index (χ1v) is 5.46. The fraction of sp³-hybridized carbons (Fsp3) is 0.0714. The molecule has 0 aliphatic rings. The summed E-state index contributed by atoms with van der Waals surface area (Å²) in [6.07, 6.45) is -4.46. The number of halogens is 3. The Bertz CT molecular complexity index is 606. The molecular weight excluding hydrogens is 255 g/mol. The molecule has 2 aromatic carbocycles. The van der Waals surface area contributed by atoms with Crippen LogP contribution in [0, 0.1) is 0 Å². The Balaban J connectivity index is 2.65.